The highest BCUT2D eigenvalue weighted by molar-refractivity contribution is 6.04. The Bertz CT molecular complexity index is 676. The first-order valence-electron chi connectivity index (χ1n) is 6.98. The number of nitrogen functional groups attached to an aromatic ring is 1. The van der Waals surface area contributed by atoms with Crippen LogP contribution in [0.25, 0.3) is 10.8 Å². The van der Waals surface area contributed by atoms with E-state index in [4.69, 9.17) is 5.73 Å². The van der Waals surface area contributed by atoms with Crippen LogP contribution in [-0.2, 0) is 0 Å². The van der Waals surface area contributed by atoms with Crippen molar-refractivity contribution in [3.8, 4) is 0 Å². The van der Waals surface area contributed by atoms with Crippen LogP contribution in [0.5, 0.6) is 0 Å². The van der Waals surface area contributed by atoms with Gasteiger partial charge in [-0.05, 0) is 42.2 Å². The molecule has 3 nitrogen and oxygen atoms in total. The lowest BCUT2D eigenvalue weighted by Crippen LogP contribution is -2.35. The summed E-state index contributed by atoms with van der Waals surface area (Å²) < 4.78 is 0. The van der Waals surface area contributed by atoms with Gasteiger partial charge in [0.1, 0.15) is 0 Å². The van der Waals surface area contributed by atoms with E-state index >= 15 is 0 Å². The van der Waals surface area contributed by atoms with E-state index in [9.17, 15) is 4.79 Å². The Morgan fingerprint density at radius 3 is 2.60 bits per heavy atom. The average molecular weight is 266 g/mol. The van der Waals surface area contributed by atoms with Crippen LogP contribution in [0.1, 0.15) is 29.6 Å². The largest absolute Gasteiger partial charge is 0.398 e. The summed E-state index contributed by atoms with van der Waals surface area (Å²) in [5.41, 5.74) is 7.12. The third-order valence-electron chi connectivity index (χ3n) is 3.77. The van der Waals surface area contributed by atoms with Crippen LogP contribution in [0.2, 0.25) is 0 Å². The van der Waals surface area contributed by atoms with Crippen LogP contribution in [0.3, 0.4) is 0 Å². The quantitative estimate of drug-likeness (QED) is 0.647. The standard InChI is InChI=1S/C17H18N2O/c18-16-11-13-7-5-4-6-12(13)10-15(16)17(20)19-14-8-2-1-3-9-14/h1-2,4-7,10-11,14H,3,8-9,18H2,(H,19,20). The molecule has 2 aromatic rings. The van der Waals surface area contributed by atoms with E-state index in [2.05, 4.69) is 17.5 Å². The Kier molecular flexibility index (Phi) is 3.42. The third-order valence-corrected chi connectivity index (χ3v) is 3.77. The number of rotatable bonds is 2. The monoisotopic (exact) mass is 266 g/mol. The first-order valence-corrected chi connectivity index (χ1v) is 6.98. The molecule has 0 saturated heterocycles. The summed E-state index contributed by atoms with van der Waals surface area (Å²) in [6.45, 7) is 0. The smallest absolute Gasteiger partial charge is 0.253 e. The van der Waals surface area contributed by atoms with E-state index in [-0.39, 0.29) is 11.9 Å². The fourth-order valence-corrected chi connectivity index (χ4v) is 2.64. The van der Waals surface area contributed by atoms with Crippen LogP contribution >= 0.6 is 0 Å². The third kappa shape index (κ3) is 2.52. The number of carbonyl (C=O) groups excluding carboxylic acids is 1. The van der Waals surface area contributed by atoms with Crippen molar-refractivity contribution < 1.29 is 4.79 Å². The number of hydrogen-bond donors (Lipinski definition) is 2. The number of benzene rings is 2. The molecule has 1 atom stereocenters. The summed E-state index contributed by atoms with van der Waals surface area (Å²) in [4.78, 5) is 12.4. The van der Waals surface area contributed by atoms with Gasteiger partial charge in [0.2, 0.25) is 0 Å². The molecule has 0 spiro atoms. The van der Waals surface area contributed by atoms with Gasteiger partial charge in [-0.3, -0.25) is 4.79 Å². The summed E-state index contributed by atoms with van der Waals surface area (Å²) >= 11 is 0. The molecule has 3 heteroatoms. The summed E-state index contributed by atoms with van der Waals surface area (Å²) in [6.07, 6.45) is 7.21. The molecular weight excluding hydrogens is 248 g/mol. The molecule has 2 aromatic carbocycles. The molecule has 1 aliphatic carbocycles. The summed E-state index contributed by atoms with van der Waals surface area (Å²) in [5, 5.41) is 5.17. The lowest BCUT2D eigenvalue weighted by molar-refractivity contribution is 0.0936. The minimum absolute atomic E-state index is 0.0754. The highest BCUT2D eigenvalue weighted by Crippen LogP contribution is 2.22. The second-order valence-corrected chi connectivity index (χ2v) is 5.24. The number of amides is 1. The van der Waals surface area contributed by atoms with Gasteiger partial charge in [-0.1, -0.05) is 36.4 Å². The number of nitrogens with one attached hydrogen (secondary N) is 1. The van der Waals surface area contributed by atoms with Crippen molar-refractivity contribution in [3.05, 3.63) is 54.1 Å². The number of hydrogen-bond acceptors (Lipinski definition) is 2. The Labute approximate surface area is 118 Å². The van der Waals surface area contributed by atoms with Gasteiger partial charge in [0.15, 0.2) is 0 Å². The fraction of sp³-hybridized carbons (Fsp3) is 0.235. The van der Waals surface area contributed by atoms with Gasteiger partial charge < -0.3 is 11.1 Å². The van der Waals surface area contributed by atoms with E-state index in [1.165, 1.54) is 0 Å². The molecule has 0 saturated carbocycles. The first-order chi connectivity index (χ1) is 9.74. The average Bonchev–Trinajstić information content (AvgIpc) is 2.47. The van der Waals surface area contributed by atoms with Crippen molar-refractivity contribution in [2.75, 3.05) is 5.73 Å². The SMILES string of the molecule is Nc1cc2ccccc2cc1C(=O)NC1CC=CCC1. The number of carbonyl (C=O) groups is 1. The van der Waals surface area contributed by atoms with Gasteiger partial charge in [0.05, 0.1) is 5.56 Å². The van der Waals surface area contributed by atoms with Crippen molar-refractivity contribution in [3.63, 3.8) is 0 Å². The van der Waals surface area contributed by atoms with Crippen LogP contribution in [0.4, 0.5) is 5.69 Å². The molecule has 0 heterocycles. The zero-order valence-electron chi connectivity index (χ0n) is 11.3. The number of anilines is 1. The van der Waals surface area contributed by atoms with Crippen molar-refractivity contribution in [2.24, 2.45) is 0 Å². The predicted molar refractivity (Wildman–Crippen MR) is 82.6 cm³/mol. The van der Waals surface area contributed by atoms with Crippen molar-refractivity contribution in [1.82, 2.24) is 5.32 Å². The zero-order valence-corrected chi connectivity index (χ0v) is 11.3. The van der Waals surface area contributed by atoms with Gasteiger partial charge in [-0.2, -0.15) is 0 Å². The van der Waals surface area contributed by atoms with Gasteiger partial charge in [0, 0.05) is 11.7 Å². The first kappa shape index (κ1) is 12.7. The number of nitrogens with two attached hydrogens (primary N) is 1. The van der Waals surface area contributed by atoms with E-state index in [1.807, 2.05) is 36.4 Å². The molecule has 0 bridgehead atoms. The maximum Gasteiger partial charge on any atom is 0.253 e. The second-order valence-electron chi connectivity index (χ2n) is 5.24. The molecule has 20 heavy (non-hydrogen) atoms. The minimum Gasteiger partial charge on any atom is -0.398 e. The Hall–Kier alpha value is -2.29. The summed E-state index contributed by atoms with van der Waals surface area (Å²) in [6, 6.07) is 11.9. The lowest BCUT2D eigenvalue weighted by Gasteiger charge is -2.20. The molecule has 1 unspecified atom stereocenters. The summed E-state index contributed by atoms with van der Waals surface area (Å²) in [7, 11) is 0. The van der Waals surface area contributed by atoms with Crippen LogP contribution < -0.4 is 11.1 Å². The number of allylic oxidation sites excluding steroid dienone is 1. The Morgan fingerprint density at radius 1 is 1.15 bits per heavy atom. The topological polar surface area (TPSA) is 55.1 Å². The summed E-state index contributed by atoms with van der Waals surface area (Å²) in [5.74, 6) is -0.0754. The Morgan fingerprint density at radius 2 is 1.90 bits per heavy atom. The molecule has 0 aliphatic heterocycles. The molecular formula is C17H18N2O. The van der Waals surface area contributed by atoms with Gasteiger partial charge in [0.25, 0.3) is 5.91 Å². The number of fused-ring (bicyclic) bond motifs is 1. The fourth-order valence-electron chi connectivity index (χ4n) is 2.64. The molecule has 3 rings (SSSR count). The van der Waals surface area contributed by atoms with Crippen molar-refractivity contribution in [1.29, 1.82) is 0 Å². The van der Waals surface area contributed by atoms with E-state index in [0.29, 0.717) is 11.3 Å². The van der Waals surface area contributed by atoms with Gasteiger partial charge in [-0.25, -0.2) is 0 Å². The molecule has 3 N–H and O–H groups in total. The van der Waals surface area contributed by atoms with Gasteiger partial charge in [-0.15, -0.1) is 0 Å². The Balaban J connectivity index is 1.87. The highest BCUT2D eigenvalue weighted by Gasteiger charge is 2.16. The van der Waals surface area contributed by atoms with Crippen LogP contribution in [0.15, 0.2) is 48.6 Å². The van der Waals surface area contributed by atoms with Crippen LogP contribution in [-0.4, -0.2) is 11.9 Å². The minimum atomic E-state index is -0.0754. The maximum atomic E-state index is 12.4. The molecule has 102 valence electrons. The molecule has 0 aromatic heterocycles. The normalized spacial score (nSPS) is 18.1. The van der Waals surface area contributed by atoms with E-state index in [1.54, 1.807) is 0 Å². The molecule has 1 amide bonds. The molecule has 1 aliphatic rings. The van der Waals surface area contributed by atoms with E-state index < -0.39 is 0 Å². The van der Waals surface area contributed by atoms with E-state index in [0.717, 1.165) is 30.0 Å². The van der Waals surface area contributed by atoms with Gasteiger partial charge >= 0.3 is 0 Å². The second kappa shape index (κ2) is 5.37. The van der Waals surface area contributed by atoms with Crippen molar-refractivity contribution in [2.45, 2.75) is 25.3 Å². The lowest BCUT2D eigenvalue weighted by atomic mass is 10.0. The predicted octanol–water partition coefficient (Wildman–Crippen LogP) is 3.26. The maximum absolute atomic E-state index is 12.4. The molecule has 0 fully saturated rings. The zero-order chi connectivity index (χ0) is 13.9. The highest BCUT2D eigenvalue weighted by atomic mass is 16.1. The molecule has 0 radical (unpaired) electrons. The van der Waals surface area contributed by atoms with Crippen molar-refractivity contribution >= 4 is 22.4 Å². The van der Waals surface area contributed by atoms with Crippen LogP contribution in [0, 0.1) is 0 Å².